The van der Waals surface area contributed by atoms with Crippen molar-refractivity contribution in [1.82, 2.24) is 18.7 Å². The Morgan fingerprint density at radius 1 is 1.26 bits per heavy atom. The molecule has 4 N–H and O–H groups in total. The lowest BCUT2D eigenvalue weighted by Crippen LogP contribution is -2.38. The highest BCUT2D eigenvalue weighted by atomic mass is 16.5. The van der Waals surface area contributed by atoms with Crippen LogP contribution in [0.5, 0.6) is 5.75 Å². The number of aryl methyl sites for hydroxylation is 2. The molecule has 2 aromatic heterocycles. The van der Waals surface area contributed by atoms with Gasteiger partial charge in [0.05, 0.1) is 6.54 Å². The van der Waals surface area contributed by atoms with Crippen molar-refractivity contribution in [3.63, 3.8) is 0 Å². The highest BCUT2D eigenvalue weighted by Gasteiger charge is 2.20. The molecular formula is C17H22N6O4. The van der Waals surface area contributed by atoms with Gasteiger partial charge in [-0.1, -0.05) is 18.2 Å². The Hall–Kier alpha value is -3.11. The minimum Gasteiger partial charge on any atom is -0.491 e. The average Bonchev–Trinajstić information content (AvgIpc) is 3.02. The summed E-state index contributed by atoms with van der Waals surface area (Å²) in [6, 6.07) is 7.47. The fourth-order valence-corrected chi connectivity index (χ4v) is 2.90. The van der Waals surface area contributed by atoms with E-state index in [1.54, 1.807) is 0 Å². The molecule has 10 nitrogen and oxygen atoms in total. The predicted octanol–water partition coefficient (Wildman–Crippen LogP) is -0.532. The van der Waals surface area contributed by atoms with Crippen molar-refractivity contribution < 1.29 is 9.84 Å². The Balaban J connectivity index is 1.93. The van der Waals surface area contributed by atoms with Gasteiger partial charge in [0.1, 0.15) is 18.5 Å². The van der Waals surface area contributed by atoms with Gasteiger partial charge in [-0.05, 0) is 18.6 Å². The predicted molar refractivity (Wildman–Crippen MR) is 101 cm³/mol. The first-order valence-electron chi connectivity index (χ1n) is 8.34. The maximum absolute atomic E-state index is 12.6. The number of imidazole rings is 1. The van der Waals surface area contributed by atoms with Crippen LogP contribution in [0.2, 0.25) is 0 Å². The van der Waals surface area contributed by atoms with Crippen LogP contribution < -0.4 is 27.3 Å². The van der Waals surface area contributed by atoms with Crippen molar-refractivity contribution in [2.75, 3.05) is 12.0 Å². The first-order chi connectivity index (χ1) is 12.8. The van der Waals surface area contributed by atoms with E-state index in [-0.39, 0.29) is 30.3 Å². The van der Waals surface area contributed by atoms with Crippen LogP contribution in [0, 0.1) is 6.92 Å². The number of nitrogens with zero attached hydrogens (tertiary/aromatic N) is 4. The van der Waals surface area contributed by atoms with Gasteiger partial charge in [-0.2, -0.15) is 4.98 Å². The Bertz CT molecular complexity index is 1100. The Morgan fingerprint density at radius 3 is 2.63 bits per heavy atom. The third-order valence-electron chi connectivity index (χ3n) is 4.40. The molecule has 0 unspecified atom stereocenters. The molecular weight excluding hydrogens is 352 g/mol. The second-order valence-corrected chi connectivity index (χ2v) is 6.30. The Kier molecular flexibility index (Phi) is 5.02. The molecule has 0 bridgehead atoms. The van der Waals surface area contributed by atoms with Crippen molar-refractivity contribution >= 4 is 17.1 Å². The van der Waals surface area contributed by atoms with Crippen LogP contribution in [-0.2, 0) is 20.6 Å². The van der Waals surface area contributed by atoms with Crippen molar-refractivity contribution in [3.05, 3.63) is 50.7 Å². The number of nitrogen functional groups attached to an aromatic ring is 1. The molecule has 0 fully saturated rings. The third kappa shape index (κ3) is 3.32. The average molecular weight is 374 g/mol. The summed E-state index contributed by atoms with van der Waals surface area (Å²) < 4.78 is 9.34. The first-order valence-corrected chi connectivity index (χ1v) is 8.34. The summed E-state index contributed by atoms with van der Waals surface area (Å²) in [6.45, 7) is 1.93. The topological polar surface area (TPSA) is 129 Å². The summed E-state index contributed by atoms with van der Waals surface area (Å²) in [5, 5.41) is 10.4. The number of nitrogens with one attached hydrogen (secondary N) is 1. The summed E-state index contributed by atoms with van der Waals surface area (Å²) in [6.07, 6.45) is -0.934. The third-order valence-corrected chi connectivity index (χ3v) is 4.40. The van der Waals surface area contributed by atoms with E-state index in [0.717, 1.165) is 10.1 Å². The molecule has 27 heavy (non-hydrogen) atoms. The fourth-order valence-electron chi connectivity index (χ4n) is 2.90. The monoisotopic (exact) mass is 374 g/mol. The zero-order valence-electron chi connectivity index (χ0n) is 15.3. The summed E-state index contributed by atoms with van der Waals surface area (Å²) in [4.78, 5) is 28.8. The molecule has 0 radical (unpaired) electrons. The van der Waals surface area contributed by atoms with E-state index in [1.165, 1.54) is 23.2 Å². The molecule has 0 amide bonds. The first kappa shape index (κ1) is 18.7. The number of benzene rings is 1. The lowest BCUT2D eigenvalue weighted by atomic mass is 10.2. The molecule has 0 spiro atoms. The van der Waals surface area contributed by atoms with E-state index in [9.17, 15) is 14.7 Å². The second-order valence-electron chi connectivity index (χ2n) is 6.30. The molecule has 0 aliphatic carbocycles. The van der Waals surface area contributed by atoms with Crippen molar-refractivity contribution in [3.8, 4) is 5.75 Å². The number of nitrogens with two attached hydrogens (primary N) is 1. The maximum Gasteiger partial charge on any atom is 0.332 e. The highest BCUT2D eigenvalue weighted by Crippen LogP contribution is 2.18. The van der Waals surface area contributed by atoms with E-state index >= 15 is 0 Å². The van der Waals surface area contributed by atoms with Gasteiger partial charge in [0.2, 0.25) is 5.95 Å². The number of aromatic nitrogens is 4. The number of hydrogen-bond donors (Lipinski definition) is 3. The summed E-state index contributed by atoms with van der Waals surface area (Å²) in [5.41, 5.74) is 2.69. The molecule has 10 heteroatoms. The summed E-state index contributed by atoms with van der Waals surface area (Å²) in [7, 11) is 2.90. The number of rotatable bonds is 6. The molecule has 144 valence electrons. The van der Waals surface area contributed by atoms with Crippen LogP contribution in [0.15, 0.2) is 33.9 Å². The summed E-state index contributed by atoms with van der Waals surface area (Å²) >= 11 is 0. The van der Waals surface area contributed by atoms with E-state index in [2.05, 4.69) is 10.4 Å². The molecule has 2 heterocycles. The van der Waals surface area contributed by atoms with Crippen molar-refractivity contribution in [2.24, 2.45) is 19.9 Å². The lowest BCUT2D eigenvalue weighted by Gasteiger charge is -2.16. The van der Waals surface area contributed by atoms with Gasteiger partial charge in [0.15, 0.2) is 11.2 Å². The molecule has 3 rings (SSSR count). The Morgan fingerprint density at radius 2 is 1.96 bits per heavy atom. The number of hydrazine groups is 1. The quantitative estimate of drug-likeness (QED) is 0.391. The zero-order chi connectivity index (χ0) is 19.7. The van der Waals surface area contributed by atoms with Gasteiger partial charge >= 0.3 is 5.69 Å². The number of hydrogen-bond acceptors (Lipinski definition) is 7. The molecule has 0 aliphatic rings. The van der Waals surface area contributed by atoms with Crippen LogP contribution in [-0.4, -0.2) is 36.5 Å². The number of aliphatic hydroxyl groups is 1. The zero-order valence-corrected chi connectivity index (χ0v) is 15.3. The molecule has 1 atom stereocenters. The molecule has 1 aromatic carbocycles. The Labute approximate surface area is 154 Å². The van der Waals surface area contributed by atoms with Crippen LogP contribution in [0.1, 0.15) is 5.56 Å². The van der Waals surface area contributed by atoms with Crippen molar-refractivity contribution in [2.45, 2.75) is 19.6 Å². The molecule has 3 aromatic rings. The number of ether oxygens (including phenoxy) is 1. The van der Waals surface area contributed by atoms with E-state index in [1.807, 2.05) is 31.2 Å². The lowest BCUT2D eigenvalue weighted by molar-refractivity contribution is 0.0935. The minimum atomic E-state index is -0.934. The van der Waals surface area contributed by atoms with E-state index in [4.69, 9.17) is 10.6 Å². The molecule has 0 saturated carbocycles. The second kappa shape index (κ2) is 7.25. The van der Waals surface area contributed by atoms with Gasteiger partial charge in [0.25, 0.3) is 5.56 Å². The normalized spacial score (nSPS) is 12.3. The van der Waals surface area contributed by atoms with E-state index < -0.39 is 17.4 Å². The number of aliphatic hydroxyl groups excluding tert-OH is 1. The van der Waals surface area contributed by atoms with Crippen LogP contribution in [0.25, 0.3) is 11.2 Å². The highest BCUT2D eigenvalue weighted by molar-refractivity contribution is 5.74. The minimum absolute atomic E-state index is 0.00928. The molecule has 0 aliphatic heterocycles. The summed E-state index contributed by atoms with van der Waals surface area (Å²) in [5.74, 6) is 6.34. The van der Waals surface area contributed by atoms with Gasteiger partial charge < -0.3 is 14.4 Å². The maximum atomic E-state index is 12.6. The van der Waals surface area contributed by atoms with Gasteiger partial charge in [-0.15, -0.1) is 0 Å². The number of para-hydroxylation sites is 1. The smallest absolute Gasteiger partial charge is 0.332 e. The SMILES string of the molecule is Cc1ccccc1OC[C@@H](O)Cn1c(NN)nc2c1c(=O)n(C)c(=O)n2C. The standard InChI is InChI=1S/C17H22N6O4/c1-10-6-4-5-7-12(10)27-9-11(24)8-23-13-14(19-16(23)20-18)21(2)17(26)22(3)15(13)25/h4-7,11,24H,8-9,18H2,1-3H3,(H,19,20)/t11-/m0/s1. The number of fused-ring (bicyclic) bond motifs is 1. The van der Waals surface area contributed by atoms with Crippen LogP contribution in [0.4, 0.5) is 5.95 Å². The van der Waals surface area contributed by atoms with Gasteiger partial charge in [0, 0.05) is 14.1 Å². The molecule has 0 saturated heterocycles. The van der Waals surface area contributed by atoms with Gasteiger partial charge in [-0.25, -0.2) is 10.6 Å². The van der Waals surface area contributed by atoms with Gasteiger partial charge in [-0.3, -0.25) is 19.4 Å². The number of anilines is 1. The van der Waals surface area contributed by atoms with Crippen LogP contribution >= 0.6 is 0 Å². The largest absolute Gasteiger partial charge is 0.491 e. The van der Waals surface area contributed by atoms with Crippen LogP contribution in [0.3, 0.4) is 0 Å². The van der Waals surface area contributed by atoms with Crippen molar-refractivity contribution in [1.29, 1.82) is 0 Å². The fraction of sp³-hybridized carbons (Fsp3) is 0.353. The van der Waals surface area contributed by atoms with E-state index in [0.29, 0.717) is 5.75 Å².